The summed E-state index contributed by atoms with van der Waals surface area (Å²) in [5.74, 6) is 2.04. The van der Waals surface area contributed by atoms with Gasteiger partial charge < -0.3 is 25.0 Å². The fourth-order valence-electron chi connectivity index (χ4n) is 5.44. The van der Waals surface area contributed by atoms with Gasteiger partial charge in [0.2, 0.25) is 5.54 Å². The number of allylic oxidation sites excluding steroid dienone is 1. The number of urea groups is 1. The summed E-state index contributed by atoms with van der Waals surface area (Å²) >= 11 is 0. The SMILES string of the molecule is C=CCC(C)N(C)C=C(C)c1ccc(O)c(-c2ccc(C#CC3(CN4Cc5ccc(OC)c(F)c5C4=O)NC(=O)NC3=O)cc2F)n1. The third-order valence-electron chi connectivity index (χ3n) is 8.17. The maximum Gasteiger partial charge on any atom is 0.323 e. The van der Waals surface area contributed by atoms with Gasteiger partial charge in [0, 0.05) is 37.0 Å². The summed E-state index contributed by atoms with van der Waals surface area (Å²) in [5.41, 5.74) is -0.138. The number of carbonyl (C=O) groups excluding carboxylic acids is 3. The molecule has 2 aliphatic heterocycles. The topological polar surface area (TPSA) is 124 Å². The van der Waals surface area contributed by atoms with E-state index in [4.69, 9.17) is 4.74 Å². The number of imide groups is 1. The Kier molecular flexibility index (Phi) is 9.01. The molecule has 0 aliphatic carbocycles. The minimum absolute atomic E-state index is 0.0237. The monoisotopic (exact) mass is 641 g/mol. The molecule has 0 spiro atoms. The molecule has 3 aromatic rings. The number of fused-ring (bicyclic) bond motifs is 1. The molecule has 3 heterocycles. The van der Waals surface area contributed by atoms with E-state index in [0.717, 1.165) is 18.1 Å². The summed E-state index contributed by atoms with van der Waals surface area (Å²) in [6, 6.07) is 9.41. The van der Waals surface area contributed by atoms with E-state index in [1.165, 1.54) is 36.3 Å². The number of amides is 4. The number of nitrogens with zero attached hydrogens (tertiary/aromatic N) is 3. The van der Waals surface area contributed by atoms with Gasteiger partial charge in [0.1, 0.15) is 17.3 Å². The van der Waals surface area contributed by atoms with Crippen molar-refractivity contribution in [3.05, 3.63) is 95.3 Å². The number of nitrogens with one attached hydrogen (secondary N) is 2. The largest absolute Gasteiger partial charge is 0.506 e. The van der Waals surface area contributed by atoms with E-state index in [1.807, 2.05) is 31.1 Å². The normalized spacial score (nSPS) is 17.8. The summed E-state index contributed by atoms with van der Waals surface area (Å²) in [6.07, 6.45) is 4.54. The molecule has 0 radical (unpaired) electrons. The Morgan fingerprint density at radius 1 is 1.23 bits per heavy atom. The van der Waals surface area contributed by atoms with Crippen LogP contribution in [0.25, 0.3) is 16.8 Å². The number of ether oxygens (including phenoxy) is 1. The third-order valence-corrected chi connectivity index (χ3v) is 8.17. The second kappa shape index (κ2) is 13.0. The smallest absolute Gasteiger partial charge is 0.323 e. The summed E-state index contributed by atoms with van der Waals surface area (Å²) in [5, 5.41) is 15.2. The molecule has 1 saturated heterocycles. The number of aromatic hydroxyl groups is 1. The fourth-order valence-corrected chi connectivity index (χ4v) is 5.44. The van der Waals surface area contributed by atoms with Crippen molar-refractivity contribution >= 4 is 23.4 Å². The average Bonchev–Trinajstić information content (AvgIpc) is 3.50. The molecular formula is C35H33F2N5O5. The maximum atomic E-state index is 15.5. The summed E-state index contributed by atoms with van der Waals surface area (Å²) < 4.78 is 35.4. The van der Waals surface area contributed by atoms with Crippen LogP contribution < -0.4 is 15.4 Å². The molecule has 47 heavy (non-hydrogen) atoms. The van der Waals surface area contributed by atoms with Gasteiger partial charge in [-0.05, 0) is 67.8 Å². The van der Waals surface area contributed by atoms with Gasteiger partial charge >= 0.3 is 6.03 Å². The molecule has 242 valence electrons. The average molecular weight is 642 g/mol. The number of rotatable bonds is 9. The Balaban J connectivity index is 1.42. The molecular weight excluding hydrogens is 608 g/mol. The Bertz CT molecular complexity index is 1900. The van der Waals surface area contributed by atoms with Crippen LogP contribution in [-0.4, -0.2) is 70.0 Å². The van der Waals surface area contributed by atoms with Crippen LogP contribution in [0.4, 0.5) is 13.6 Å². The molecule has 2 aromatic carbocycles. The van der Waals surface area contributed by atoms with Crippen LogP contribution in [0.5, 0.6) is 11.5 Å². The quantitative estimate of drug-likeness (QED) is 0.178. The summed E-state index contributed by atoms with van der Waals surface area (Å²) in [6.45, 7) is 7.27. The van der Waals surface area contributed by atoms with Crippen molar-refractivity contribution in [3.8, 4) is 34.6 Å². The Morgan fingerprint density at radius 2 is 2.00 bits per heavy atom. The summed E-state index contributed by atoms with van der Waals surface area (Å²) in [4.78, 5) is 46.0. The predicted octanol–water partition coefficient (Wildman–Crippen LogP) is 4.58. The molecule has 12 heteroatoms. The van der Waals surface area contributed by atoms with Crippen LogP contribution in [0.1, 0.15) is 47.4 Å². The third kappa shape index (κ3) is 6.37. The first kappa shape index (κ1) is 32.7. The zero-order valence-corrected chi connectivity index (χ0v) is 26.3. The standard InChI is InChI=1S/C35H33F2N5O5/c1-6-7-21(3)41(4)17-20(2)26-11-12-27(43)31(38-26)24-10-8-22(16-25(24)36)14-15-35(33(45)39-34(46)40-35)19-42-18-23-9-13-28(47-5)30(37)29(23)32(42)44/h6,8-13,16-17,21,43H,1,7,18-19H2,2-5H3,(H2,39,40,45,46). The van der Waals surface area contributed by atoms with E-state index in [9.17, 15) is 23.9 Å². The highest BCUT2D eigenvalue weighted by atomic mass is 19.1. The van der Waals surface area contributed by atoms with Gasteiger partial charge in [-0.25, -0.2) is 18.6 Å². The Hall–Kier alpha value is -5.70. The molecule has 0 bridgehead atoms. The van der Waals surface area contributed by atoms with E-state index >= 15 is 4.39 Å². The van der Waals surface area contributed by atoms with Gasteiger partial charge in [-0.3, -0.25) is 14.9 Å². The van der Waals surface area contributed by atoms with Gasteiger partial charge in [0.25, 0.3) is 11.8 Å². The first-order valence-corrected chi connectivity index (χ1v) is 14.7. The van der Waals surface area contributed by atoms with Gasteiger partial charge in [0.05, 0.1) is 24.9 Å². The Morgan fingerprint density at radius 3 is 2.66 bits per heavy atom. The van der Waals surface area contributed by atoms with Crippen molar-refractivity contribution in [2.75, 3.05) is 20.7 Å². The molecule has 10 nitrogen and oxygen atoms in total. The van der Waals surface area contributed by atoms with Crippen molar-refractivity contribution in [2.24, 2.45) is 0 Å². The lowest BCUT2D eigenvalue weighted by atomic mass is 9.98. The maximum absolute atomic E-state index is 15.5. The Labute approximate surface area is 270 Å². The van der Waals surface area contributed by atoms with E-state index in [1.54, 1.807) is 12.1 Å². The fraction of sp³-hybridized carbons (Fsp3) is 0.257. The number of halogens is 2. The first-order valence-electron chi connectivity index (χ1n) is 14.7. The van der Waals surface area contributed by atoms with Gasteiger partial charge in [0.15, 0.2) is 11.6 Å². The molecule has 0 saturated carbocycles. The van der Waals surface area contributed by atoms with Crippen molar-refractivity contribution in [3.63, 3.8) is 0 Å². The molecule has 2 unspecified atom stereocenters. The lowest BCUT2D eigenvalue weighted by molar-refractivity contribution is -0.122. The number of methoxy groups -OCH3 is 1. The van der Waals surface area contributed by atoms with Gasteiger partial charge in [-0.2, -0.15) is 0 Å². The van der Waals surface area contributed by atoms with Gasteiger partial charge in [-0.1, -0.05) is 24.0 Å². The predicted molar refractivity (Wildman–Crippen MR) is 171 cm³/mol. The van der Waals surface area contributed by atoms with Crippen molar-refractivity contribution in [1.82, 2.24) is 25.4 Å². The van der Waals surface area contributed by atoms with Crippen LogP contribution >= 0.6 is 0 Å². The molecule has 4 amide bonds. The van der Waals surface area contributed by atoms with Crippen LogP contribution in [0.2, 0.25) is 0 Å². The van der Waals surface area contributed by atoms with Crippen LogP contribution in [-0.2, 0) is 11.3 Å². The van der Waals surface area contributed by atoms with Crippen LogP contribution in [0.15, 0.2) is 61.3 Å². The molecule has 2 atom stereocenters. The zero-order chi connectivity index (χ0) is 34.0. The molecule has 5 rings (SSSR count). The first-order chi connectivity index (χ1) is 22.4. The highest BCUT2D eigenvalue weighted by Crippen LogP contribution is 2.33. The van der Waals surface area contributed by atoms with Crippen LogP contribution in [0, 0.1) is 23.5 Å². The van der Waals surface area contributed by atoms with E-state index in [0.29, 0.717) is 11.3 Å². The minimum Gasteiger partial charge on any atom is -0.506 e. The number of carbonyl (C=O) groups is 3. The molecule has 1 fully saturated rings. The van der Waals surface area contributed by atoms with E-state index < -0.39 is 41.6 Å². The lowest BCUT2D eigenvalue weighted by Gasteiger charge is -2.26. The minimum atomic E-state index is -1.89. The van der Waals surface area contributed by atoms with Crippen molar-refractivity contribution < 1.29 is 33.0 Å². The molecule has 3 N–H and O–H groups in total. The van der Waals surface area contributed by atoms with Crippen molar-refractivity contribution in [1.29, 1.82) is 0 Å². The second-order valence-electron chi connectivity index (χ2n) is 11.5. The number of benzene rings is 2. The number of pyridine rings is 1. The van der Waals surface area contributed by atoms with Crippen molar-refractivity contribution in [2.45, 2.75) is 38.4 Å². The highest BCUT2D eigenvalue weighted by molar-refractivity contribution is 6.10. The number of hydrogen-bond donors (Lipinski definition) is 3. The second-order valence-corrected chi connectivity index (χ2v) is 11.5. The highest BCUT2D eigenvalue weighted by Gasteiger charge is 2.48. The molecule has 2 aliphatic rings. The van der Waals surface area contributed by atoms with E-state index in [2.05, 4.69) is 41.0 Å². The number of hydrogen-bond acceptors (Lipinski definition) is 7. The number of aromatic nitrogens is 1. The molecule has 1 aromatic heterocycles. The zero-order valence-electron chi connectivity index (χ0n) is 26.3. The van der Waals surface area contributed by atoms with E-state index in [-0.39, 0.29) is 46.5 Å². The van der Waals surface area contributed by atoms with Crippen LogP contribution in [0.3, 0.4) is 0 Å². The summed E-state index contributed by atoms with van der Waals surface area (Å²) in [7, 11) is 3.21. The lowest BCUT2D eigenvalue weighted by Crippen LogP contribution is -2.54. The van der Waals surface area contributed by atoms with Gasteiger partial charge in [-0.15, -0.1) is 6.58 Å².